The maximum Gasteiger partial charge on any atom is 0.323 e. The predicted molar refractivity (Wildman–Crippen MR) is 201 cm³/mol. The lowest BCUT2D eigenvalue weighted by molar-refractivity contribution is -0.141. The zero-order valence-electron chi connectivity index (χ0n) is 28.6. The van der Waals surface area contributed by atoms with E-state index in [-0.39, 0.29) is 51.2 Å². The Morgan fingerprint density at radius 2 is 1.04 bits per heavy atom. The molecular formula is C38H36Cl2N4O10. The highest BCUT2D eigenvalue weighted by atomic mass is 35.5. The van der Waals surface area contributed by atoms with E-state index in [1.807, 2.05) is 48.5 Å². The van der Waals surface area contributed by atoms with E-state index in [0.29, 0.717) is 55.2 Å². The first-order chi connectivity index (χ1) is 26.0. The molecule has 4 aromatic rings. The number of carbonyl (C=O) groups excluding carboxylic acids is 2. The van der Waals surface area contributed by atoms with E-state index in [1.165, 1.54) is 9.80 Å². The van der Waals surface area contributed by atoms with Gasteiger partial charge in [0.25, 0.3) is 11.8 Å². The van der Waals surface area contributed by atoms with E-state index < -0.39 is 37.2 Å². The van der Waals surface area contributed by atoms with E-state index in [1.54, 1.807) is 24.3 Å². The monoisotopic (exact) mass is 778 g/mol. The Bertz CT molecular complexity index is 1950. The maximum absolute atomic E-state index is 12.7. The molecule has 6 N–H and O–H groups in total. The second-order valence-corrected chi connectivity index (χ2v) is 13.2. The van der Waals surface area contributed by atoms with E-state index >= 15 is 0 Å². The van der Waals surface area contributed by atoms with E-state index in [9.17, 15) is 39.6 Å². The van der Waals surface area contributed by atoms with Crippen LogP contribution in [-0.4, -0.2) is 109 Å². The second-order valence-electron chi connectivity index (χ2n) is 12.4. The van der Waals surface area contributed by atoms with Gasteiger partial charge >= 0.3 is 11.9 Å². The highest BCUT2D eigenvalue weighted by Gasteiger charge is 2.29. The first-order valence-corrected chi connectivity index (χ1v) is 17.6. The van der Waals surface area contributed by atoms with Gasteiger partial charge in [0.2, 0.25) is 0 Å². The third-order valence-corrected chi connectivity index (χ3v) is 9.94. The average Bonchev–Trinajstić information content (AvgIpc) is 3.16. The fourth-order valence-corrected chi connectivity index (χ4v) is 7.00. The summed E-state index contributed by atoms with van der Waals surface area (Å²) in [5.41, 5.74) is 5.19. The third-order valence-electron chi connectivity index (χ3n) is 9.13. The van der Waals surface area contributed by atoms with Crippen molar-refractivity contribution in [3.63, 3.8) is 0 Å². The molecule has 0 saturated carbocycles. The normalized spacial score (nSPS) is 14.8. The van der Waals surface area contributed by atoms with Gasteiger partial charge in [-0.2, -0.15) is 0 Å². The van der Waals surface area contributed by atoms with Crippen LogP contribution in [0.5, 0.6) is 11.5 Å². The van der Waals surface area contributed by atoms with Gasteiger partial charge in [-0.15, -0.1) is 0 Å². The zero-order valence-corrected chi connectivity index (χ0v) is 30.1. The third kappa shape index (κ3) is 7.99. The minimum absolute atomic E-state index is 0.134. The number of aliphatic hydroxyl groups is 2. The molecule has 2 atom stereocenters. The molecule has 0 aliphatic carbocycles. The molecule has 0 aromatic heterocycles. The predicted octanol–water partition coefficient (Wildman–Crippen LogP) is 3.52. The van der Waals surface area contributed by atoms with Gasteiger partial charge in [0, 0.05) is 48.4 Å². The summed E-state index contributed by atoms with van der Waals surface area (Å²) in [6.07, 6.45) is 0. The average molecular weight is 780 g/mol. The van der Waals surface area contributed by atoms with Gasteiger partial charge in [-0.3, -0.25) is 19.2 Å². The quantitative estimate of drug-likeness (QED) is 0.103. The number of ether oxygens (including phenoxy) is 2. The molecule has 4 aromatic carbocycles. The number of anilines is 2. The molecule has 0 spiro atoms. The molecular weight excluding hydrogens is 743 g/mol. The smallest absolute Gasteiger partial charge is 0.323 e. The first kappa shape index (κ1) is 38.5. The van der Waals surface area contributed by atoms with E-state index in [0.717, 1.165) is 11.1 Å². The Kier molecular flexibility index (Phi) is 12.0. The van der Waals surface area contributed by atoms with Gasteiger partial charge in [0.1, 0.15) is 23.6 Å². The van der Waals surface area contributed by atoms with Crippen LogP contribution >= 0.6 is 23.2 Å². The van der Waals surface area contributed by atoms with E-state index in [2.05, 4.69) is 10.6 Å². The number of halogens is 2. The number of benzene rings is 4. The van der Waals surface area contributed by atoms with Crippen LogP contribution in [0.4, 0.5) is 11.4 Å². The number of nitrogens with one attached hydrogen (secondary N) is 2. The van der Waals surface area contributed by atoms with Gasteiger partial charge in [0.05, 0.1) is 34.6 Å². The fourth-order valence-electron chi connectivity index (χ4n) is 6.32. The lowest BCUT2D eigenvalue weighted by Crippen LogP contribution is -2.46. The highest BCUT2D eigenvalue weighted by molar-refractivity contribution is 6.39. The van der Waals surface area contributed by atoms with Crippen LogP contribution in [0.15, 0.2) is 72.8 Å². The molecule has 0 saturated heterocycles. The summed E-state index contributed by atoms with van der Waals surface area (Å²) in [5.74, 6) is -2.06. The zero-order chi connectivity index (χ0) is 38.5. The summed E-state index contributed by atoms with van der Waals surface area (Å²) in [7, 11) is 0. The van der Waals surface area contributed by atoms with Crippen molar-refractivity contribution in [2.75, 3.05) is 62.4 Å². The second kappa shape index (κ2) is 16.8. The van der Waals surface area contributed by atoms with Crippen molar-refractivity contribution in [2.24, 2.45) is 0 Å². The van der Waals surface area contributed by atoms with Gasteiger partial charge in [-0.1, -0.05) is 71.7 Å². The number of nitrogens with zero attached hydrogens (tertiary/aromatic N) is 2. The molecule has 0 bridgehead atoms. The van der Waals surface area contributed by atoms with Crippen LogP contribution in [0.3, 0.4) is 0 Å². The lowest BCUT2D eigenvalue weighted by atomic mass is 9.95. The topological polar surface area (TPSA) is 198 Å². The number of hydrogen-bond donors (Lipinski definition) is 6. The number of rotatable bonds is 15. The van der Waals surface area contributed by atoms with Gasteiger partial charge in [-0.05, 0) is 35.4 Å². The summed E-state index contributed by atoms with van der Waals surface area (Å²) in [5, 5.41) is 43.2. The van der Waals surface area contributed by atoms with Crippen LogP contribution in [0.25, 0.3) is 33.4 Å². The minimum Gasteiger partial charge on any atom is -0.482 e. The molecule has 2 amide bonds. The number of hydrogen-bond acceptors (Lipinski definition) is 10. The van der Waals surface area contributed by atoms with Crippen molar-refractivity contribution in [1.29, 1.82) is 0 Å². The Labute approximate surface area is 319 Å². The number of carboxylic acids is 2. The summed E-state index contributed by atoms with van der Waals surface area (Å²) in [6, 6.07) is 19.5. The largest absolute Gasteiger partial charge is 0.482 e. The van der Waals surface area contributed by atoms with Crippen molar-refractivity contribution in [2.45, 2.75) is 12.1 Å². The van der Waals surface area contributed by atoms with Gasteiger partial charge < -0.3 is 50.3 Å². The highest BCUT2D eigenvalue weighted by Crippen LogP contribution is 2.45. The number of carbonyl (C=O) groups is 4. The number of aliphatic hydroxyl groups excluding tert-OH is 2. The molecule has 2 aliphatic rings. The number of fused-ring (bicyclic) bond motifs is 2. The lowest BCUT2D eigenvalue weighted by Gasteiger charge is -2.30. The molecule has 2 heterocycles. The molecule has 2 aliphatic heterocycles. The Morgan fingerprint density at radius 1 is 0.648 bits per heavy atom. The minimum atomic E-state index is -1.19. The molecule has 6 rings (SSSR count). The molecule has 14 nitrogen and oxygen atoms in total. The van der Waals surface area contributed by atoms with Crippen LogP contribution < -0.4 is 29.9 Å². The summed E-state index contributed by atoms with van der Waals surface area (Å²) >= 11 is 14.2. The van der Waals surface area contributed by atoms with Crippen LogP contribution in [0, 0.1) is 0 Å². The SMILES string of the molecule is O=C(O)C(CO)NCCN1C(=O)COc2cc(-c3cccc(-c4cccc(-c5ccc6c(c5)OCC(=O)N6CCNC(CO)C(=O)O)c4Cl)c3Cl)ccc21. The molecule has 54 heavy (non-hydrogen) atoms. The van der Waals surface area contributed by atoms with Gasteiger partial charge in [-0.25, -0.2) is 0 Å². The van der Waals surface area contributed by atoms with Gasteiger partial charge in [0.15, 0.2) is 13.2 Å². The van der Waals surface area contributed by atoms with Crippen molar-refractivity contribution < 1.29 is 49.1 Å². The Hall–Kier alpha value is -5.22. The number of carboxylic acid groups (broad SMARTS) is 2. The van der Waals surface area contributed by atoms with Crippen molar-refractivity contribution in [3.05, 3.63) is 82.8 Å². The Balaban J connectivity index is 1.24. The summed E-state index contributed by atoms with van der Waals surface area (Å²) < 4.78 is 11.5. The molecule has 282 valence electrons. The van der Waals surface area contributed by atoms with Crippen molar-refractivity contribution >= 4 is 58.3 Å². The first-order valence-electron chi connectivity index (χ1n) is 16.9. The van der Waals surface area contributed by atoms with E-state index in [4.69, 9.17) is 32.7 Å². The van der Waals surface area contributed by atoms with Crippen LogP contribution in [-0.2, 0) is 19.2 Å². The molecule has 0 fully saturated rings. The molecule has 16 heteroatoms. The molecule has 2 unspecified atom stereocenters. The van der Waals surface area contributed by atoms with Crippen molar-refractivity contribution in [3.8, 4) is 44.9 Å². The number of amides is 2. The van der Waals surface area contributed by atoms with Crippen molar-refractivity contribution in [1.82, 2.24) is 10.6 Å². The molecule has 0 radical (unpaired) electrons. The number of aliphatic carboxylic acids is 2. The Morgan fingerprint density at radius 3 is 1.41 bits per heavy atom. The summed E-state index contributed by atoms with van der Waals surface area (Å²) in [6.45, 7) is -0.984. The summed E-state index contributed by atoms with van der Waals surface area (Å²) in [4.78, 5) is 50.9. The van der Waals surface area contributed by atoms with Crippen LogP contribution in [0.2, 0.25) is 10.0 Å². The maximum atomic E-state index is 12.7. The van der Waals surface area contributed by atoms with Crippen LogP contribution in [0.1, 0.15) is 0 Å². The fraction of sp³-hybridized carbons (Fsp3) is 0.263. The standard InChI is InChI=1S/C38H36Cl2N4O10/c39-35-23(21-7-9-29-31(15-21)53-19-33(47)43(29)13-11-41-27(17-45)37(49)50)3-1-5-25(35)26-6-2-4-24(36(26)40)22-8-10-30-32(16-22)54-20-34(48)44(30)14-12-42-28(18-46)38(51)52/h1-10,15-16,27-28,41-42,45-46H,11-14,17-20H2,(H,49,50)(H,51,52).